The maximum absolute atomic E-state index is 12.9. The van der Waals surface area contributed by atoms with Gasteiger partial charge in [0, 0.05) is 23.6 Å². The molecule has 0 saturated carbocycles. The van der Waals surface area contributed by atoms with Gasteiger partial charge in [-0.15, -0.1) is 11.8 Å². The highest BCUT2D eigenvalue weighted by Gasteiger charge is 2.28. The Kier molecular flexibility index (Phi) is 5.56. The monoisotopic (exact) mass is 340 g/mol. The fourth-order valence-electron chi connectivity index (χ4n) is 3.17. The molecule has 0 radical (unpaired) electrons. The first-order valence-electron chi connectivity index (χ1n) is 8.64. The molecular formula is C20H24N2OS. The fraction of sp³-hybridized carbons (Fsp3) is 0.400. The molecule has 0 aliphatic carbocycles. The van der Waals surface area contributed by atoms with E-state index in [1.165, 1.54) is 0 Å². The zero-order chi connectivity index (χ0) is 16.9. The number of pyridine rings is 1. The van der Waals surface area contributed by atoms with Gasteiger partial charge in [0.05, 0.1) is 11.1 Å². The van der Waals surface area contributed by atoms with Crippen LogP contribution in [0.4, 0.5) is 0 Å². The zero-order valence-corrected chi connectivity index (χ0v) is 15.1. The van der Waals surface area contributed by atoms with Crippen LogP contribution in [0.2, 0.25) is 0 Å². The number of amides is 1. The first-order chi connectivity index (χ1) is 11.6. The Morgan fingerprint density at radius 3 is 2.62 bits per heavy atom. The highest BCUT2D eigenvalue weighted by molar-refractivity contribution is 7.99. The van der Waals surface area contributed by atoms with Gasteiger partial charge in [-0.2, -0.15) is 0 Å². The van der Waals surface area contributed by atoms with Gasteiger partial charge in [-0.05, 0) is 43.0 Å². The highest BCUT2D eigenvalue weighted by Crippen LogP contribution is 2.32. The molecule has 1 fully saturated rings. The smallest absolute Gasteiger partial charge is 0.254 e. The van der Waals surface area contributed by atoms with Crippen LogP contribution in [0.5, 0.6) is 0 Å². The lowest BCUT2D eigenvalue weighted by Gasteiger charge is -2.36. The van der Waals surface area contributed by atoms with Gasteiger partial charge in [0.1, 0.15) is 0 Å². The van der Waals surface area contributed by atoms with E-state index < -0.39 is 0 Å². The van der Waals surface area contributed by atoms with Gasteiger partial charge < -0.3 is 4.90 Å². The van der Waals surface area contributed by atoms with Gasteiger partial charge in [-0.1, -0.05) is 38.1 Å². The molecule has 1 aromatic heterocycles. The number of hydrogen-bond donors (Lipinski definition) is 0. The second-order valence-electron chi connectivity index (χ2n) is 6.47. The molecule has 2 aromatic rings. The van der Waals surface area contributed by atoms with E-state index in [0.29, 0.717) is 5.25 Å². The third-order valence-electron chi connectivity index (χ3n) is 4.28. The van der Waals surface area contributed by atoms with Crippen LogP contribution in [0.1, 0.15) is 55.1 Å². The summed E-state index contributed by atoms with van der Waals surface area (Å²) >= 11 is 1.77. The van der Waals surface area contributed by atoms with Gasteiger partial charge in [0.15, 0.2) is 0 Å². The number of likely N-dealkylation sites (tertiary alicyclic amines) is 1. The first-order valence-corrected chi connectivity index (χ1v) is 9.52. The molecular weight excluding hydrogens is 316 g/mol. The molecule has 1 atom stereocenters. The van der Waals surface area contributed by atoms with Crippen LogP contribution >= 0.6 is 11.8 Å². The van der Waals surface area contributed by atoms with E-state index >= 15 is 0 Å². The van der Waals surface area contributed by atoms with Crippen LogP contribution in [-0.2, 0) is 0 Å². The second-order valence-corrected chi connectivity index (χ2v) is 8.07. The van der Waals surface area contributed by atoms with Crippen LogP contribution in [0.15, 0.2) is 53.7 Å². The highest BCUT2D eigenvalue weighted by atomic mass is 32.2. The molecule has 1 saturated heterocycles. The van der Waals surface area contributed by atoms with Crippen molar-refractivity contribution in [3.63, 3.8) is 0 Å². The van der Waals surface area contributed by atoms with Crippen LogP contribution in [0.25, 0.3) is 0 Å². The maximum Gasteiger partial charge on any atom is 0.254 e. The number of aromatic nitrogens is 1. The third-order valence-corrected chi connectivity index (χ3v) is 5.24. The summed E-state index contributed by atoms with van der Waals surface area (Å²) in [6.45, 7) is 5.16. The minimum atomic E-state index is 0.126. The SMILES string of the molecule is CC(C)Sc1ccc(C2CCCCN2C(=O)c2ccccc2)cn1. The number of carbonyl (C=O) groups excluding carboxylic acids is 1. The normalized spacial score (nSPS) is 18.0. The van der Waals surface area contributed by atoms with E-state index in [2.05, 4.69) is 31.0 Å². The maximum atomic E-state index is 12.9. The molecule has 1 amide bonds. The molecule has 24 heavy (non-hydrogen) atoms. The number of thioether (sulfide) groups is 1. The summed E-state index contributed by atoms with van der Waals surface area (Å²) in [5.74, 6) is 0.126. The molecule has 4 heteroatoms. The van der Waals surface area contributed by atoms with Gasteiger partial charge >= 0.3 is 0 Å². The molecule has 1 aliphatic rings. The number of nitrogens with zero attached hydrogens (tertiary/aromatic N) is 2. The quantitative estimate of drug-likeness (QED) is 0.738. The predicted molar refractivity (Wildman–Crippen MR) is 99.3 cm³/mol. The molecule has 0 N–H and O–H groups in total. The minimum absolute atomic E-state index is 0.126. The number of benzene rings is 1. The Hall–Kier alpha value is -1.81. The van der Waals surface area contributed by atoms with Crippen LogP contribution in [0, 0.1) is 0 Å². The summed E-state index contributed by atoms with van der Waals surface area (Å²) in [5.41, 5.74) is 1.91. The van der Waals surface area contributed by atoms with Crippen LogP contribution < -0.4 is 0 Å². The predicted octanol–water partition coefficient (Wildman–Crippen LogP) is 4.95. The Balaban J connectivity index is 1.80. The number of hydrogen-bond acceptors (Lipinski definition) is 3. The summed E-state index contributed by atoms with van der Waals surface area (Å²) < 4.78 is 0. The molecule has 2 heterocycles. The van der Waals surface area contributed by atoms with Crippen molar-refractivity contribution in [1.82, 2.24) is 9.88 Å². The van der Waals surface area contributed by atoms with Crippen molar-refractivity contribution in [3.05, 3.63) is 59.8 Å². The summed E-state index contributed by atoms with van der Waals surface area (Å²) in [4.78, 5) is 19.5. The molecule has 1 aliphatic heterocycles. The number of rotatable bonds is 4. The topological polar surface area (TPSA) is 33.2 Å². The van der Waals surface area contributed by atoms with Crippen molar-refractivity contribution < 1.29 is 4.79 Å². The van der Waals surface area contributed by atoms with Crippen molar-refractivity contribution in [2.45, 2.75) is 49.4 Å². The zero-order valence-electron chi connectivity index (χ0n) is 14.3. The van der Waals surface area contributed by atoms with Crippen molar-refractivity contribution in [2.24, 2.45) is 0 Å². The number of carbonyl (C=O) groups is 1. The van der Waals surface area contributed by atoms with Crippen molar-refractivity contribution >= 4 is 17.7 Å². The van der Waals surface area contributed by atoms with Crippen LogP contribution in [-0.4, -0.2) is 27.6 Å². The van der Waals surface area contributed by atoms with Gasteiger partial charge in [0.2, 0.25) is 0 Å². The van der Waals surface area contributed by atoms with Gasteiger partial charge in [-0.25, -0.2) is 4.98 Å². The molecule has 126 valence electrons. The summed E-state index contributed by atoms with van der Waals surface area (Å²) in [5, 5.41) is 1.57. The Labute approximate surface area is 148 Å². The molecule has 1 aromatic carbocycles. The Morgan fingerprint density at radius 1 is 1.17 bits per heavy atom. The lowest BCUT2D eigenvalue weighted by atomic mass is 9.95. The largest absolute Gasteiger partial charge is 0.332 e. The van der Waals surface area contributed by atoms with Crippen molar-refractivity contribution in [3.8, 4) is 0 Å². The fourth-order valence-corrected chi connectivity index (χ4v) is 3.91. The lowest BCUT2D eigenvalue weighted by Crippen LogP contribution is -2.38. The van der Waals surface area contributed by atoms with E-state index in [-0.39, 0.29) is 11.9 Å². The van der Waals surface area contributed by atoms with Crippen molar-refractivity contribution in [2.75, 3.05) is 6.54 Å². The second kappa shape index (κ2) is 7.84. The molecule has 3 rings (SSSR count). The minimum Gasteiger partial charge on any atom is -0.332 e. The van der Waals surface area contributed by atoms with E-state index in [1.54, 1.807) is 11.8 Å². The summed E-state index contributed by atoms with van der Waals surface area (Å²) in [7, 11) is 0. The first kappa shape index (κ1) is 17.0. The molecule has 0 bridgehead atoms. The Bertz CT molecular complexity index is 670. The Morgan fingerprint density at radius 2 is 1.96 bits per heavy atom. The van der Waals surface area contributed by atoms with Crippen molar-refractivity contribution in [1.29, 1.82) is 0 Å². The summed E-state index contributed by atoms with van der Waals surface area (Å²) in [6.07, 6.45) is 5.19. The van der Waals surface area contributed by atoms with E-state index in [0.717, 1.165) is 42.0 Å². The molecule has 1 unspecified atom stereocenters. The lowest BCUT2D eigenvalue weighted by molar-refractivity contribution is 0.0611. The standard InChI is InChI=1S/C20H24N2OS/c1-15(2)24-19-12-11-17(14-21-19)18-10-6-7-13-22(18)20(23)16-8-4-3-5-9-16/h3-5,8-9,11-12,14-15,18H,6-7,10,13H2,1-2H3. The van der Waals surface area contributed by atoms with E-state index in [1.807, 2.05) is 41.4 Å². The molecule has 3 nitrogen and oxygen atoms in total. The third kappa shape index (κ3) is 3.99. The summed E-state index contributed by atoms with van der Waals surface area (Å²) in [6, 6.07) is 13.9. The molecule has 0 spiro atoms. The van der Waals surface area contributed by atoms with Gasteiger partial charge in [-0.3, -0.25) is 4.79 Å². The van der Waals surface area contributed by atoms with E-state index in [4.69, 9.17) is 0 Å². The van der Waals surface area contributed by atoms with Crippen LogP contribution in [0.3, 0.4) is 0 Å². The number of piperidine rings is 1. The van der Waals surface area contributed by atoms with Gasteiger partial charge in [0.25, 0.3) is 5.91 Å². The average Bonchev–Trinajstić information content (AvgIpc) is 2.62. The average molecular weight is 340 g/mol. The van der Waals surface area contributed by atoms with E-state index in [9.17, 15) is 4.79 Å².